The van der Waals surface area contributed by atoms with Crippen molar-refractivity contribution >= 4 is 45.1 Å². The maximum atomic E-state index is 2.53. The van der Waals surface area contributed by atoms with Gasteiger partial charge in [-0.3, -0.25) is 0 Å². The first-order valence-electron chi connectivity index (χ1n) is 20.3. The average molecular weight is 730 g/mol. The summed E-state index contributed by atoms with van der Waals surface area (Å²) in [6, 6.07) is 17.8. The summed E-state index contributed by atoms with van der Waals surface area (Å²) in [5.74, 6) is 0. The fourth-order valence-electron chi connectivity index (χ4n) is 7.72. The molecule has 0 atom stereocenters. The first-order chi connectivity index (χ1) is 25.0. The second-order valence-corrected chi connectivity index (χ2v) is 16.4. The van der Waals surface area contributed by atoms with Crippen molar-refractivity contribution in [1.82, 2.24) is 0 Å². The molecule has 0 saturated heterocycles. The Morgan fingerprint density at radius 2 is 1.18 bits per heavy atom. The Hall–Kier alpha value is -2.64. The lowest BCUT2D eigenvalue weighted by Crippen LogP contribution is -2.48. The summed E-state index contributed by atoms with van der Waals surface area (Å²) in [5, 5.41) is 2.67. The first kappa shape index (κ1) is 41.1. The molecule has 4 nitrogen and oxygen atoms in total. The Morgan fingerprint density at radius 1 is 0.608 bits per heavy atom. The molecule has 0 N–H and O–H groups in total. The molecule has 51 heavy (non-hydrogen) atoms. The summed E-state index contributed by atoms with van der Waals surface area (Å²) in [6.07, 6.45) is 25.9. The van der Waals surface area contributed by atoms with Crippen molar-refractivity contribution in [3.8, 4) is 0 Å². The van der Waals surface area contributed by atoms with Crippen LogP contribution in [0.25, 0.3) is 16.3 Å². The molecule has 0 radical (unpaired) electrons. The van der Waals surface area contributed by atoms with Gasteiger partial charge in [-0.2, -0.15) is 4.57 Å². The van der Waals surface area contributed by atoms with Crippen LogP contribution in [0.3, 0.4) is 0 Å². The lowest BCUT2D eigenvalue weighted by atomic mass is 10.1. The van der Waals surface area contributed by atoms with Crippen LogP contribution in [0.2, 0.25) is 0 Å². The van der Waals surface area contributed by atoms with Crippen LogP contribution in [0, 0.1) is 0 Å². The molecule has 0 unspecified atom stereocenters. The molecule has 0 spiro atoms. The van der Waals surface area contributed by atoms with Crippen LogP contribution < -0.4 is 9.47 Å². The summed E-state index contributed by atoms with van der Waals surface area (Å²) in [7, 11) is 0. The molecule has 0 aliphatic carbocycles. The molecule has 1 aromatic heterocycles. The van der Waals surface area contributed by atoms with E-state index < -0.39 is 0 Å². The highest BCUT2D eigenvalue weighted by molar-refractivity contribution is 8.03. The van der Waals surface area contributed by atoms with Gasteiger partial charge in [-0.25, -0.2) is 0 Å². The van der Waals surface area contributed by atoms with E-state index in [9.17, 15) is 0 Å². The van der Waals surface area contributed by atoms with Gasteiger partial charge in [0.15, 0.2) is 6.54 Å². The number of quaternary nitrogens is 2. The number of hydrogen-bond donors (Lipinski definition) is 0. The summed E-state index contributed by atoms with van der Waals surface area (Å²) in [6.45, 7) is 26.5. The second kappa shape index (κ2) is 21.8. The fourth-order valence-corrected chi connectivity index (χ4v) is 9.92. The van der Waals surface area contributed by atoms with Crippen LogP contribution in [-0.2, 0) is 6.54 Å². The first-order valence-corrected chi connectivity index (χ1v) is 22.0. The summed E-state index contributed by atoms with van der Waals surface area (Å²) >= 11 is 3.80. The third-order valence-corrected chi connectivity index (χ3v) is 14.0. The van der Waals surface area contributed by atoms with Crippen molar-refractivity contribution in [2.75, 3.05) is 63.8 Å². The van der Waals surface area contributed by atoms with Crippen LogP contribution in [0.5, 0.6) is 0 Å². The van der Waals surface area contributed by atoms with Gasteiger partial charge in [0.05, 0.1) is 63.1 Å². The minimum Gasteiger partial charge on any atom is -0.335 e. The van der Waals surface area contributed by atoms with Crippen molar-refractivity contribution in [3.63, 3.8) is 0 Å². The van der Waals surface area contributed by atoms with E-state index in [1.54, 1.807) is 0 Å². The smallest absolute Gasteiger partial charge is 0.262 e. The predicted molar refractivity (Wildman–Crippen MR) is 227 cm³/mol. The zero-order chi connectivity index (χ0) is 36.4. The van der Waals surface area contributed by atoms with Crippen LogP contribution in [0.15, 0.2) is 94.9 Å². The van der Waals surface area contributed by atoms with Crippen LogP contribution in [0.4, 0.5) is 5.69 Å². The maximum absolute atomic E-state index is 2.53. The molecular weight excluding hydrogens is 661 g/mol. The number of aromatic nitrogens is 1. The lowest BCUT2D eigenvalue weighted by molar-refractivity contribution is -0.923. The van der Waals surface area contributed by atoms with Gasteiger partial charge in [-0.05, 0) is 104 Å². The molecule has 0 fully saturated rings. The molecule has 1 aliphatic rings. The molecular formula is C45H69N4S2+3. The average Bonchev–Trinajstić information content (AvgIpc) is 3.71. The third kappa shape index (κ3) is 11.7. The van der Waals surface area contributed by atoms with E-state index in [-0.39, 0.29) is 0 Å². The van der Waals surface area contributed by atoms with Crippen molar-refractivity contribution < 1.29 is 13.5 Å². The van der Waals surface area contributed by atoms with Gasteiger partial charge in [0.1, 0.15) is 4.70 Å². The number of benzene rings is 2. The molecule has 0 bridgehead atoms. The molecule has 2 aromatic carbocycles. The number of unbranched alkanes of at least 4 members (excludes halogenated alkanes) is 6. The zero-order valence-electron chi connectivity index (χ0n) is 33.0. The highest BCUT2D eigenvalue weighted by atomic mass is 32.2. The maximum Gasteiger partial charge on any atom is 0.262 e. The number of aryl methyl sites for hydroxylation is 1. The number of thioether (sulfide) groups is 1. The van der Waals surface area contributed by atoms with Gasteiger partial charge in [0, 0.05) is 30.0 Å². The number of thiazole rings is 1. The Bertz CT molecular complexity index is 1560. The number of allylic oxidation sites excluding steroid dienone is 6. The molecule has 2 heterocycles. The predicted octanol–water partition coefficient (Wildman–Crippen LogP) is 11.6. The Balaban J connectivity index is 1.29. The number of para-hydroxylation sites is 2. The molecule has 0 amide bonds. The van der Waals surface area contributed by atoms with Crippen LogP contribution in [0.1, 0.15) is 97.9 Å². The Kier molecular flexibility index (Phi) is 17.6. The number of nitrogens with zero attached hydrogens (tertiary/aromatic N) is 4. The molecule has 0 saturated carbocycles. The van der Waals surface area contributed by atoms with Gasteiger partial charge in [0.25, 0.3) is 5.01 Å². The quantitative estimate of drug-likeness (QED) is 0.0392. The molecule has 4 rings (SSSR count). The normalized spacial score (nSPS) is 14.8. The number of fused-ring (bicyclic) bond motifs is 2. The molecule has 1 aliphatic heterocycles. The Morgan fingerprint density at radius 3 is 1.86 bits per heavy atom. The van der Waals surface area contributed by atoms with E-state index in [1.807, 2.05) is 23.1 Å². The SMILES string of the molecule is CC[N+](CC)(CC)CCCCCCN1C(=CC=CC=CC=Cc2sc3ccccc3[n+]2CCCCCC[N+](CC)(CC)CC)Sc2ccccc21. The van der Waals surface area contributed by atoms with Gasteiger partial charge >= 0.3 is 0 Å². The lowest BCUT2D eigenvalue weighted by Gasteiger charge is -2.35. The highest BCUT2D eigenvalue weighted by Gasteiger charge is 2.24. The molecule has 3 aromatic rings. The van der Waals surface area contributed by atoms with Gasteiger partial charge in [-0.15, -0.1) is 0 Å². The molecule has 278 valence electrons. The van der Waals surface area contributed by atoms with E-state index in [4.69, 9.17) is 0 Å². The van der Waals surface area contributed by atoms with E-state index in [0.717, 1.165) is 13.1 Å². The van der Waals surface area contributed by atoms with E-state index in [0.29, 0.717) is 0 Å². The fraction of sp³-hybridized carbons (Fsp3) is 0.533. The largest absolute Gasteiger partial charge is 0.335 e. The van der Waals surface area contributed by atoms with Crippen molar-refractivity contribution in [2.45, 2.75) is 104 Å². The molecule has 6 heteroatoms. The van der Waals surface area contributed by atoms with E-state index >= 15 is 0 Å². The van der Waals surface area contributed by atoms with E-state index in [1.165, 1.54) is 144 Å². The monoisotopic (exact) mass is 729 g/mol. The minimum atomic E-state index is 1.09. The van der Waals surface area contributed by atoms with E-state index in [2.05, 4.69) is 142 Å². The summed E-state index contributed by atoms with van der Waals surface area (Å²) in [5.41, 5.74) is 2.73. The van der Waals surface area contributed by atoms with Crippen molar-refractivity contribution in [3.05, 3.63) is 95.0 Å². The summed E-state index contributed by atoms with van der Waals surface area (Å²) < 4.78 is 6.44. The van der Waals surface area contributed by atoms with Gasteiger partial charge in [-0.1, -0.05) is 84.2 Å². The topological polar surface area (TPSA) is 7.12 Å². The van der Waals surface area contributed by atoms with Gasteiger partial charge < -0.3 is 13.9 Å². The standard InChI is InChI=1S/C45H69N4S2/c1-7-48(8-2,9-3)38-28-18-16-26-36-46-40-30-22-24-32-42(40)50-44(46)34-20-14-13-15-21-35-45-47(41-31-23-25-33-43(41)51-45)37-27-17-19-29-39-49(10-4,11-5)12-6/h13-15,20-25,30-35H,7-12,16-19,26-29,36-39H2,1-6H3/q+3. The minimum absolute atomic E-state index is 1.09. The summed E-state index contributed by atoms with van der Waals surface area (Å²) in [4.78, 5) is 3.90. The number of hydrogen-bond acceptors (Lipinski definition) is 3. The zero-order valence-corrected chi connectivity index (χ0v) is 34.6. The number of rotatable bonds is 24. The van der Waals surface area contributed by atoms with Crippen LogP contribution >= 0.6 is 23.1 Å². The van der Waals surface area contributed by atoms with Crippen molar-refractivity contribution in [2.24, 2.45) is 0 Å². The highest BCUT2D eigenvalue weighted by Crippen LogP contribution is 2.45. The number of anilines is 1. The third-order valence-electron chi connectivity index (χ3n) is 11.7. The van der Waals surface area contributed by atoms with Crippen LogP contribution in [-0.4, -0.2) is 67.9 Å². The Labute approximate surface area is 320 Å². The second-order valence-electron chi connectivity index (χ2n) is 14.3. The van der Waals surface area contributed by atoms with Crippen molar-refractivity contribution in [1.29, 1.82) is 0 Å². The van der Waals surface area contributed by atoms with Gasteiger partial charge in [0.2, 0.25) is 5.52 Å².